The molecule has 0 fully saturated rings. The minimum Gasteiger partial charge on any atom is -0.507 e. The number of aryl methyl sites for hydroxylation is 1. The van der Waals surface area contributed by atoms with E-state index in [9.17, 15) is 9.90 Å². The summed E-state index contributed by atoms with van der Waals surface area (Å²) in [5.74, 6) is -0.215. The molecule has 0 amide bonds. The predicted octanol–water partition coefficient (Wildman–Crippen LogP) is 5.19. The van der Waals surface area contributed by atoms with Crippen molar-refractivity contribution in [1.29, 1.82) is 0 Å². The largest absolute Gasteiger partial charge is 0.507 e. The fourth-order valence-electron chi connectivity index (χ4n) is 3.65. The van der Waals surface area contributed by atoms with E-state index in [1.807, 2.05) is 42.8 Å². The number of hydrogen-bond acceptors (Lipinski definition) is 3. The topological polar surface area (TPSA) is 51.5 Å². The van der Waals surface area contributed by atoms with Crippen molar-refractivity contribution < 1.29 is 14.6 Å². The summed E-state index contributed by atoms with van der Waals surface area (Å²) in [6.07, 6.45) is 0. The highest BCUT2D eigenvalue weighted by atomic mass is 16.5. The fourth-order valence-corrected chi connectivity index (χ4v) is 3.65. The number of hydrogen-bond donors (Lipinski definition) is 1. The molecular weight excluding hydrogens is 338 g/mol. The summed E-state index contributed by atoms with van der Waals surface area (Å²) >= 11 is 0. The summed E-state index contributed by atoms with van der Waals surface area (Å²) in [4.78, 5) is 12.4. The third kappa shape index (κ3) is 2.74. The quantitative estimate of drug-likeness (QED) is 0.512. The number of benzene rings is 3. The Hall–Kier alpha value is -3.27. The summed E-state index contributed by atoms with van der Waals surface area (Å²) in [5.41, 5.74) is 3.89. The van der Waals surface area contributed by atoms with Crippen LogP contribution < -0.4 is 0 Å². The molecule has 0 unspecified atom stereocenters. The van der Waals surface area contributed by atoms with Gasteiger partial charge in [0.15, 0.2) is 0 Å². The molecular formula is C23H21NO3. The Balaban J connectivity index is 1.93. The number of phenolic OH excluding ortho intramolecular Hbond substituents is 1. The van der Waals surface area contributed by atoms with Crippen LogP contribution in [-0.2, 0) is 11.8 Å². The zero-order chi connectivity index (χ0) is 19.1. The van der Waals surface area contributed by atoms with Crippen LogP contribution in [0.4, 0.5) is 0 Å². The van der Waals surface area contributed by atoms with Gasteiger partial charge in [-0.05, 0) is 48.4 Å². The third-order valence-corrected chi connectivity index (χ3v) is 5.15. The van der Waals surface area contributed by atoms with E-state index in [1.165, 1.54) is 0 Å². The second-order valence-corrected chi connectivity index (χ2v) is 6.69. The van der Waals surface area contributed by atoms with E-state index in [4.69, 9.17) is 4.74 Å². The van der Waals surface area contributed by atoms with Crippen molar-refractivity contribution in [3.63, 3.8) is 0 Å². The van der Waals surface area contributed by atoms with Crippen LogP contribution in [0.25, 0.3) is 32.8 Å². The smallest absolute Gasteiger partial charge is 0.340 e. The normalized spacial score (nSPS) is 11.2. The third-order valence-electron chi connectivity index (χ3n) is 5.15. The van der Waals surface area contributed by atoms with E-state index >= 15 is 0 Å². The molecule has 0 saturated carbocycles. The molecule has 0 spiro atoms. The Labute approximate surface area is 157 Å². The number of ether oxygens (including phenoxy) is 1. The van der Waals surface area contributed by atoms with Crippen molar-refractivity contribution in [2.45, 2.75) is 13.8 Å². The zero-order valence-corrected chi connectivity index (χ0v) is 15.6. The molecule has 1 heterocycles. The SMILES string of the molecule is CCOC(=O)c1c(C)n(C)c2cc(-c3ccc4ccccc4c3)c(O)cc12. The molecule has 136 valence electrons. The number of esters is 1. The molecule has 0 aliphatic heterocycles. The second-order valence-electron chi connectivity index (χ2n) is 6.69. The highest BCUT2D eigenvalue weighted by molar-refractivity contribution is 6.07. The first-order valence-corrected chi connectivity index (χ1v) is 8.99. The van der Waals surface area contributed by atoms with Crippen molar-refractivity contribution in [3.05, 3.63) is 65.9 Å². The summed E-state index contributed by atoms with van der Waals surface area (Å²) < 4.78 is 7.16. The summed E-state index contributed by atoms with van der Waals surface area (Å²) in [7, 11) is 1.92. The molecule has 0 radical (unpaired) electrons. The van der Waals surface area contributed by atoms with E-state index in [1.54, 1.807) is 13.0 Å². The molecule has 0 bridgehead atoms. The molecule has 3 aromatic carbocycles. The Morgan fingerprint density at radius 2 is 1.81 bits per heavy atom. The van der Waals surface area contributed by atoms with E-state index < -0.39 is 0 Å². The number of aromatic hydroxyl groups is 1. The Morgan fingerprint density at radius 1 is 1.07 bits per heavy atom. The van der Waals surface area contributed by atoms with Crippen LogP contribution in [0.1, 0.15) is 23.0 Å². The highest BCUT2D eigenvalue weighted by Crippen LogP contribution is 2.37. The van der Waals surface area contributed by atoms with Crippen LogP contribution in [-0.4, -0.2) is 22.2 Å². The van der Waals surface area contributed by atoms with Crippen LogP contribution in [0.5, 0.6) is 5.75 Å². The van der Waals surface area contributed by atoms with Crippen molar-refractivity contribution in [3.8, 4) is 16.9 Å². The molecule has 4 heteroatoms. The first-order valence-electron chi connectivity index (χ1n) is 8.99. The van der Waals surface area contributed by atoms with E-state index in [2.05, 4.69) is 24.3 Å². The van der Waals surface area contributed by atoms with Crippen molar-refractivity contribution >= 4 is 27.6 Å². The van der Waals surface area contributed by atoms with Gasteiger partial charge in [-0.15, -0.1) is 0 Å². The highest BCUT2D eigenvalue weighted by Gasteiger charge is 2.21. The fraction of sp³-hybridized carbons (Fsp3) is 0.174. The predicted molar refractivity (Wildman–Crippen MR) is 108 cm³/mol. The maximum absolute atomic E-state index is 12.4. The lowest BCUT2D eigenvalue weighted by atomic mass is 9.99. The van der Waals surface area contributed by atoms with Gasteiger partial charge in [0, 0.05) is 29.2 Å². The molecule has 4 nitrogen and oxygen atoms in total. The maximum atomic E-state index is 12.4. The van der Waals surface area contributed by atoms with Crippen LogP contribution in [0.3, 0.4) is 0 Å². The van der Waals surface area contributed by atoms with Gasteiger partial charge in [0.2, 0.25) is 0 Å². The standard InChI is InChI=1S/C23H21NO3/c1-4-27-23(26)22-14(2)24(3)20-12-18(21(25)13-19(20)22)17-10-9-15-7-5-6-8-16(15)11-17/h5-13,25H,4H2,1-3H3. The van der Waals surface area contributed by atoms with Crippen LogP contribution in [0.2, 0.25) is 0 Å². The summed E-state index contributed by atoms with van der Waals surface area (Å²) in [6.45, 7) is 3.99. The first-order chi connectivity index (χ1) is 13.0. The first kappa shape index (κ1) is 17.2. The molecule has 1 aromatic heterocycles. The zero-order valence-electron chi connectivity index (χ0n) is 15.6. The van der Waals surface area contributed by atoms with Gasteiger partial charge >= 0.3 is 5.97 Å². The average Bonchev–Trinajstić information content (AvgIpc) is 2.91. The Bertz CT molecular complexity index is 1190. The number of aromatic nitrogens is 1. The van der Waals surface area contributed by atoms with Gasteiger partial charge in [-0.3, -0.25) is 0 Å². The van der Waals surface area contributed by atoms with Crippen molar-refractivity contribution in [1.82, 2.24) is 4.57 Å². The summed E-state index contributed by atoms with van der Waals surface area (Å²) in [6, 6.07) is 17.9. The van der Waals surface area contributed by atoms with Gasteiger partial charge in [-0.1, -0.05) is 36.4 Å². The molecule has 1 N–H and O–H groups in total. The Morgan fingerprint density at radius 3 is 2.56 bits per heavy atom. The van der Waals surface area contributed by atoms with Gasteiger partial charge < -0.3 is 14.4 Å². The number of carbonyl (C=O) groups excluding carboxylic acids is 1. The van der Waals surface area contributed by atoms with E-state index in [0.29, 0.717) is 17.6 Å². The minimum absolute atomic E-state index is 0.147. The molecule has 0 saturated heterocycles. The molecule has 4 aromatic rings. The lowest BCUT2D eigenvalue weighted by molar-refractivity contribution is 0.0527. The average molecular weight is 359 g/mol. The lowest BCUT2D eigenvalue weighted by Crippen LogP contribution is -2.06. The Kier molecular flexibility index (Phi) is 4.11. The van der Waals surface area contributed by atoms with Crippen LogP contribution >= 0.6 is 0 Å². The van der Waals surface area contributed by atoms with E-state index in [0.717, 1.165) is 33.1 Å². The maximum Gasteiger partial charge on any atom is 0.340 e. The number of carbonyl (C=O) groups is 1. The molecule has 0 aliphatic rings. The van der Waals surface area contributed by atoms with Crippen molar-refractivity contribution in [2.75, 3.05) is 6.61 Å². The lowest BCUT2D eigenvalue weighted by Gasteiger charge is -2.08. The molecule has 0 aliphatic carbocycles. The number of phenols is 1. The number of rotatable bonds is 3. The molecule has 0 atom stereocenters. The van der Waals surface area contributed by atoms with E-state index in [-0.39, 0.29) is 11.7 Å². The van der Waals surface area contributed by atoms with Crippen LogP contribution in [0.15, 0.2) is 54.6 Å². The monoisotopic (exact) mass is 359 g/mol. The second kappa shape index (κ2) is 6.47. The van der Waals surface area contributed by atoms with Gasteiger partial charge in [-0.25, -0.2) is 4.79 Å². The van der Waals surface area contributed by atoms with Gasteiger partial charge in [0.1, 0.15) is 5.75 Å². The van der Waals surface area contributed by atoms with Crippen LogP contribution in [0, 0.1) is 6.92 Å². The molecule has 27 heavy (non-hydrogen) atoms. The molecule has 4 rings (SSSR count). The summed E-state index contributed by atoms with van der Waals surface area (Å²) in [5, 5.41) is 13.7. The van der Waals surface area contributed by atoms with Gasteiger partial charge in [-0.2, -0.15) is 0 Å². The van der Waals surface area contributed by atoms with Gasteiger partial charge in [0.05, 0.1) is 12.2 Å². The number of nitrogens with zero attached hydrogens (tertiary/aromatic N) is 1. The number of fused-ring (bicyclic) bond motifs is 2. The minimum atomic E-state index is -0.363. The van der Waals surface area contributed by atoms with Crippen molar-refractivity contribution in [2.24, 2.45) is 7.05 Å². The van der Waals surface area contributed by atoms with Gasteiger partial charge in [0.25, 0.3) is 0 Å².